The van der Waals surface area contributed by atoms with Gasteiger partial charge in [0.25, 0.3) is 5.91 Å². The quantitative estimate of drug-likeness (QED) is 0.551. The summed E-state index contributed by atoms with van der Waals surface area (Å²) in [5, 5.41) is 2.92. The molecular weight excluding hydrogens is 392 g/mol. The van der Waals surface area contributed by atoms with E-state index < -0.39 is 6.04 Å². The molecule has 1 atom stereocenters. The summed E-state index contributed by atoms with van der Waals surface area (Å²) in [4.78, 5) is 27.3. The van der Waals surface area contributed by atoms with Crippen LogP contribution in [-0.4, -0.2) is 43.0 Å². The fraction of sp³-hybridized carbons (Fsp3) is 0.440. The van der Waals surface area contributed by atoms with Crippen LogP contribution in [0.3, 0.4) is 0 Å². The minimum atomic E-state index is -0.617. The Morgan fingerprint density at radius 1 is 1.10 bits per heavy atom. The molecule has 0 radical (unpaired) electrons. The fourth-order valence-electron chi connectivity index (χ4n) is 3.15. The van der Waals surface area contributed by atoms with E-state index >= 15 is 0 Å². The van der Waals surface area contributed by atoms with Gasteiger partial charge in [0.2, 0.25) is 5.91 Å². The van der Waals surface area contributed by atoms with Gasteiger partial charge < -0.3 is 19.7 Å². The van der Waals surface area contributed by atoms with Crippen molar-refractivity contribution in [3.63, 3.8) is 0 Å². The third kappa shape index (κ3) is 7.02. The van der Waals surface area contributed by atoms with E-state index in [2.05, 4.69) is 12.2 Å². The summed E-state index contributed by atoms with van der Waals surface area (Å²) in [7, 11) is 1.61. The SMILES string of the molecule is CCCCNC(=O)C(C)N(Cc1ccc(OC)cc1)C(=O)COc1cccc(C)c1C. The fourth-order valence-corrected chi connectivity index (χ4v) is 3.15. The summed E-state index contributed by atoms with van der Waals surface area (Å²) in [6.07, 6.45) is 1.90. The summed E-state index contributed by atoms with van der Waals surface area (Å²) in [5.74, 6) is 1.01. The summed E-state index contributed by atoms with van der Waals surface area (Å²) < 4.78 is 11.0. The topological polar surface area (TPSA) is 67.9 Å². The lowest BCUT2D eigenvalue weighted by atomic mass is 10.1. The van der Waals surface area contributed by atoms with Crippen molar-refractivity contribution in [2.45, 2.75) is 53.1 Å². The normalized spacial score (nSPS) is 11.5. The number of nitrogens with one attached hydrogen (secondary N) is 1. The van der Waals surface area contributed by atoms with E-state index in [4.69, 9.17) is 9.47 Å². The summed E-state index contributed by atoms with van der Waals surface area (Å²) in [5.41, 5.74) is 3.01. The number of aryl methyl sites for hydroxylation is 1. The summed E-state index contributed by atoms with van der Waals surface area (Å²) >= 11 is 0. The molecule has 6 nitrogen and oxygen atoms in total. The van der Waals surface area contributed by atoms with Gasteiger partial charge in [-0.1, -0.05) is 37.6 Å². The molecule has 0 saturated carbocycles. The van der Waals surface area contributed by atoms with E-state index in [9.17, 15) is 9.59 Å². The molecule has 6 heteroatoms. The number of hydrogen-bond donors (Lipinski definition) is 1. The number of rotatable bonds is 11. The number of ether oxygens (including phenoxy) is 2. The number of nitrogens with zero attached hydrogens (tertiary/aromatic N) is 1. The average Bonchev–Trinajstić information content (AvgIpc) is 2.78. The second kappa shape index (κ2) is 12.0. The highest BCUT2D eigenvalue weighted by Gasteiger charge is 2.26. The molecule has 0 bridgehead atoms. The molecule has 0 fully saturated rings. The molecule has 0 spiro atoms. The molecule has 2 rings (SSSR count). The smallest absolute Gasteiger partial charge is 0.261 e. The monoisotopic (exact) mass is 426 g/mol. The first kappa shape index (κ1) is 24.3. The number of carbonyl (C=O) groups is 2. The van der Waals surface area contributed by atoms with Crippen LogP contribution >= 0.6 is 0 Å². The van der Waals surface area contributed by atoms with Gasteiger partial charge in [0.1, 0.15) is 17.5 Å². The predicted molar refractivity (Wildman–Crippen MR) is 122 cm³/mol. The molecule has 2 aromatic carbocycles. The molecule has 0 aliphatic heterocycles. The lowest BCUT2D eigenvalue weighted by Gasteiger charge is -2.29. The van der Waals surface area contributed by atoms with Crippen molar-refractivity contribution in [2.24, 2.45) is 0 Å². The van der Waals surface area contributed by atoms with Gasteiger partial charge in [-0.05, 0) is 62.1 Å². The van der Waals surface area contributed by atoms with Gasteiger partial charge in [0.05, 0.1) is 7.11 Å². The Morgan fingerprint density at radius 2 is 1.81 bits per heavy atom. The molecule has 0 aromatic heterocycles. The van der Waals surface area contributed by atoms with Gasteiger partial charge >= 0.3 is 0 Å². The molecule has 2 aromatic rings. The molecule has 2 amide bonds. The first-order valence-corrected chi connectivity index (χ1v) is 10.8. The number of unbranched alkanes of at least 4 members (excludes halogenated alkanes) is 1. The molecule has 0 aliphatic rings. The molecule has 1 N–H and O–H groups in total. The molecule has 0 heterocycles. The Balaban J connectivity index is 2.14. The van der Waals surface area contributed by atoms with Crippen LogP contribution in [0.25, 0.3) is 0 Å². The zero-order chi connectivity index (χ0) is 22.8. The second-order valence-corrected chi connectivity index (χ2v) is 7.68. The van der Waals surface area contributed by atoms with Crippen molar-refractivity contribution in [2.75, 3.05) is 20.3 Å². The van der Waals surface area contributed by atoms with Crippen LogP contribution in [0, 0.1) is 13.8 Å². The van der Waals surface area contributed by atoms with Crippen LogP contribution in [0.5, 0.6) is 11.5 Å². The first-order valence-electron chi connectivity index (χ1n) is 10.8. The maximum absolute atomic E-state index is 13.1. The van der Waals surface area contributed by atoms with Crippen molar-refractivity contribution in [1.29, 1.82) is 0 Å². The maximum Gasteiger partial charge on any atom is 0.261 e. The Hall–Kier alpha value is -3.02. The van der Waals surface area contributed by atoms with E-state index in [1.807, 2.05) is 56.3 Å². The highest BCUT2D eigenvalue weighted by molar-refractivity contribution is 5.88. The average molecular weight is 427 g/mol. The standard InChI is InChI=1S/C25H34N2O4/c1-6-7-15-26-25(29)20(4)27(16-21-11-13-22(30-5)14-12-21)24(28)17-31-23-10-8-9-18(2)19(23)3/h8-14,20H,6-7,15-17H2,1-5H3,(H,26,29). The van der Waals surface area contributed by atoms with Gasteiger partial charge in [0, 0.05) is 13.1 Å². The van der Waals surface area contributed by atoms with Crippen molar-refractivity contribution in [1.82, 2.24) is 10.2 Å². The van der Waals surface area contributed by atoms with E-state index in [1.54, 1.807) is 18.9 Å². The van der Waals surface area contributed by atoms with Crippen LogP contribution < -0.4 is 14.8 Å². The summed E-state index contributed by atoms with van der Waals surface area (Å²) in [6.45, 7) is 8.56. The first-order chi connectivity index (χ1) is 14.9. The minimum Gasteiger partial charge on any atom is -0.497 e. The number of amides is 2. The third-order valence-corrected chi connectivity index (χ3v) is 5.41. The van der Waals surface area contributed by atoms with Crippen LogP contribution in [0.2, 0.25) is 0 Å². The lowest BCUT2D eigenvalue weighted by Crippen LogP contribution is -2.49. The van der Waals surface area contributed by atoms with E-state index in [1.165, 1.54) is 0 Å². The van der Waals surface area contributed by atoms with Gasteiger partial charge in [-0.2, -0.15) is 0 Å². The van der Waals surface area contributed by atoms with Crippen molar-refractivity contribution in [3.8, 4) is 11.5 Å². The summed E-state index contributed by atoms with van der Waals surface area (Å²) in [6, 6.07) is 12.6. The molecule has 0 aliphatic carbocycles. The van der Waals surface area contributed by atoms with Gasteiger partial charge in [-0.3, -0.25) is 9.59 Å². The largest absolute Gasteiger partial charge is 0.497 e. The number of methoxy groups -OCH3 is 1. The van der Waals surface area contributed by atoms with Crippen LogP contribution in [0.1, 0.15) is 43.4 Å². The van der Waals surface area contributed by atoms with Gasteiger partial charge in [-0.15, -0.1) is 0 Å². The van der Waals surface area contributed by atoms with Crippen molar-refractivity contribution >= 4 is 11.8 Å². The van der Waals surface area contributed by atoms with E-state index in [0.717, 1.165) is 35.3 Å². The lowest BCUT2D eigenvalue weighted by molar-refractivity contribution is -0.142. The molecule has 168 valence electrons. The Labute approximate surface area is 185 Å². The zero-order valence-corrected chi connectivity index (χ0v) is 19.2. The molecular formula is C25H34N2O4. The van der Waals surface area contributed by atoms with E-state index in [-0.39, 0.29) is 18.4 Å². The Bertz CT molecular complexity index is 864. The van der Waals surface area contributed by atoms with Crippen molar-refractivity contribution < 1.29 is 19.1 Å². The van der Waals surface area contributed by atoms with Crippen LogP contribution in [0.4, 0.5) is 0 Å². The molecule has 31 heavy (non-hydrogen) atoms. The number of hydrogen-bond acceptors (Lipinski definition) is 4. The number of benzene rings is 2. The highest BCUT2D eigenvalue weighted by atomic mass is 16.5. The maximum atomic E-state index is 13.1. The van der Waals surface area contributed by atoms with Crippen LogP contribution in [-0.2, 0) is 16.1 Å². The Morgan fingerprint density at radius 3 is 2.45 bits per heavy atom. The Kier molecular flexibility index (Phi) is 9.38. The molecule has 1 unspecified atom stereocenters. The number of carbonyl (C=O) groups excluding carboxylic acids is 2. The third-order valence-electron chi connectivity index (χ3n) is 5.41. The second-order valence-electron chi connectivity index (χ2n) is 7.68. The highest BCUT2D eigenvalue weighted by Crippen LogP contribution is 2.21. The van der Waals surface area contributed by atoms with Gasteiger partial charge in [-0.25, -0.2) is 0 Å². The zero-order valence-electron chi connectivity index (χ0n) is 19.2. The molecule has 0 saturated heterocycles. The van der Waals surface area contributed by atoms with Gasteiger partial charge in [0.15, 0.2) is 6.61 Å². The van der Waals surface area contributed by atoms with Crippen LogP contribution in [0.15, 0.2) is 42.5 Å². The minimum absolute atomic E-state index is 0.132. The van der Waals surface area contributed by atoms with Crippen molar-refractivity contribution in [3.05, 3.63) is 59.2 Å². The predicted octanol–water partition coefficient (Wildman–Crippen LogP) is 4.02. The van der Waals surface area contributed by atoms with E-state index in [0.29, 0.717) is 18.8 Å².